The van der Waals surface area contributed by atoms with Gasteiger partial charge in [-0.05, 0) is 137 Å². The summed E-state index contributed by atoms with van der Waals surface area (Å²) in [6.07, 6.45) is 6.19. The summed E-state index contributed by atoms with van der Waals surface area (Å²) in [5, 5.41) is 78.7. The van der Waals surface area contributed by atoms with E-state index in [1.165, 1.54) is 36.9 Å². The van der Waals surface area contributed by atoms with E-state index in [9.17, 15) is 5.26 Å². The Bertz CT molecular complexity index is 3200. The Balaban J connectivity index is 0.000000462. The minimum atomic E-state index is -1.46. The Morgan fingerprint density at radius 1 is 0.486 bits per heavy atom. The summed E-state index contributed by atoms with van der Waals surface area (Å²) in [6.45, 7) is 2.97. The Morgan fingerprint density at radius 3 is 1.28 bits per heavy atom. The quantitative estimate of drug-likeness (QED) is 0.112. The van der Waals surface area contributed by atoms with Gasteiger partial charge in [-0.3, -0.25) is 0 Å². The van der Waals surface area contributed by atoms with E-state index in [4.69, 9.17) is 36.4 Å². The van der Waals surface area contributed by atoms with Gasteiger partial charge < -0.3 is 10.0 Å². The summed E-state index contributed by atoms with van der Waals surface area (Å²) < 4.78 is 6.34. The fourth-order valence-electron chi connectivity index (χ4n) is 5.79. The second-order valence-corrected chi connectivity index (χ2v) is 17.3. The summed E-state index contributed by atoms with van der Waals surface area (Å²) in [5.41, 5.74) is 10.1. The molecule has 19 heteroatoms. The molecular weight excluding hydrogens is 1170 g/mol. The molecule has 0 bridgehead atoms. The third-order valence-corrected chi connectivity index (χ3v) is 11.4. The fraction of sp³-hybridized carbons (Fsp3) is 0.132. The van der Waals surface area contributed by atoms with Crippen molar-refractivity contribution < 1.29 is 10.0 Å². The molecule has 0 saturated heterocycles. The molecule has 2 N–H and O–H groups in total. The van der Waals surface area contributed by atoms with Gasteiger partial charge in [0, 0.05) is 18.7 Å². The zero-order chi connectivity index (χ0) is 50.1. The van der Waals surface area contributed by atoms with Crippen LogP contribution in [0.2, 0.25) is 0 Å². The van der Waals surface area contributed by atoms with Crippen molar-refractivity contribution in [3.8, 4) is 47.5 Å². The maximum absolute atomic E-state index is 9.25. The minimum absolute atomic E-state index is 0. The molecular formula is C53H47BBr4N12O2. The van der Waals surface area contributed by atoms with Crippen LogP contribution in [0, 0.1) is 74.9 Å². The number of hydrogen-bond acceptors (Lipinski definition) is 12. The molecule has 0 fully saturated rings. The van der Waals surface area contributed by atoms with Gasteiger partial charge in [-0.2, -0.15) is 41.8 Å². The Kier molecular flexibility index (Phi) is 28.7. The number of halogens is 4. The maximum atomic E-state index is 9.25. The molecule has 0 saturated carbocycles. The second-order valence-electron chi connectivity index (χ2n) is 14.0. The number of nitrogens with zero attached hydrogens (tertiary/aromatic N) is 12. The Morgan fingerprint density at radius 2 is 0.875 bits per heavy atom. The number of hydrogen-bond donors (Lipinski definition) is 2. The van der Waals surface area contributed by atoms with E-state index in [1.54, 1.807) is 58.4 Å². The van der Waals surface area contributed by atoms with E-state index in [-0.39, 0.29) is 22.3 Å². The number of aromatic nitrogens is 6. The molecule has 0 aliphatic carbocycles. The highest BCUT2D eigenvalue weighted by atomic mass is 79.9. The molecule has 0 unspecified atom stereocenters. The smallest absolute Gasteiger partial charge is 0.423 e. The van der Waals surface area contributed by atoms with Crippen LogP contribution in [-0.2, 0) is 18.4 Å². The normalized spacial score (nSPS) is 9.07. The highest BCUT2D eigenvalue weighted by Crippen LogP contribution is 2.24. The van der Waals surface area contributed by atoms with Crippen molar-refractivity contribution >= 4 is 76.3 Å². The zero-order valence-corrected chi connectivity index (χ0v) is 42.7. The molecule has 0 spiro atoms. The van der Waals surface area contributed by atoms with Gasteiger partial charge in [-0.1, -0.05) is 116 Å². The van der Waals surface area contributed by atoms with E-state index < -0.39 is 7.12 Å². The van der Waals surface area contributed by atoms with Gasteiger partial charge in [0.05, 0.1) is 82.9 Å². The van der Waals surface area contributed by atoms with Crippen LogP contribution in [0.5, 0.6) is 0 Å². The van der Waals surface area contributed by atoms with E-state index in [2.05, 4.69) is 114 Å². The SMILES string of the molecule is C.C.C.Cc1cc(Br)ccc1C#N.N#Cc1ccc(-c2ccc(C#N)c(Cn3cncn3)c2)cc1.N#Cc1ccc(B(O)O)cc1.N#Cc1ccc(Br)cc1CBr.N#Cc1ccc(Br)cc1Cn1cncn1. The van der Waals surface area contributed by atoms with Crippen LogP contribution in [0.1, 0.15) is 77.9 Å². The van der Waals surface area contributed by atoms with Crippen LogP contribution in [0.4, 0.5) is 0 Å². The monoisotopic (exact) mass is 1210 g/mol. The Hall–Kier alpha value is -7.56. The van der Waals surface area contributed by atoms with Crippen molar-refractivity contribution in [3.05, 3.63) is 216 Å². The molecule has 0 aliphatic heterocycles. The molecule has 0 atom stereocenters. The molecule has 8 aromatic rings. The lowest BCUT2D eigenvalue weighted by molar-refractivity contribution is 0.426. The molecule has 0 radical (unpaired) electrons. The van der Waals surface area contributed by atoms with Crippen LogP contribution in [0.15, 0.2) is 160 Å². The lowest BCUT2D eigenvalue weighted by Crippen LogP contribution is -2.29. The molecule has 0 amide bonds. The molecule has 2 heterocycles. The molecule has 6 aromatic carbocycles. The average molecular weight is 1210 g/mol. The largest absolute Gasteiger partial charge is 0.488 e. The van der Waals surface area contributed by atoms with Gasteiger partial charge in [-0.25, -0.2) is 19.3 Å². The predicted molar refractivity (Wildman–Crippen MR) is 295 cm³/mol. The number of benzene rings is 6. The first kappa shape index (κ1) is 62.5. The van der Waals surface area contributed by atoms with E-state index >= 15 is 0 Å². The summed E-state index contributed by atoms with van der Waals surface area (Å²) in [6, 6.07) is 48.5. The summed E-state index contributed by atoms with van der Waals surface area (Å²) in [5.74, 6) is 0. The maximum Gasteiger partial charge on any atom is 0.488 e. The molecule has 362 valence electrons. The molecule has 72 heavy (non-hydrogen) atoms. The van der Waals surface area contributed by atoms with Crippen molar-refractivity contribution in [2.24, 2.45) is 0 Å². The van der Waals surface area contributed by atoms with Crippen LogP contribution in [0.25, 0.3) is 11.1 Å². The van der Waals surface area contributed by atoms with Crippen LogP contribution in [-0.4, -0.2) is 46.7 Å². The van der Waals surface area contributed by atoms with Gasteiger partial charge in [0.15, 0.2) is 0 Å². The number of aryl methyl sites for hydroxylation is 1. The van der Waals surface area contributed by atoms with Crippen molar-refractivity contribution in [2.45, 2.75) is 47.6 Å². The highest BCUT2D eigenvalue weighted by Gasteiger charge is 2.10. The summed E-state index contributed by atoms with van der Waals surface area (Å²) >= 11 is 13.3. The zero-order valence-electron chi connectivity index (χ0n) is 36.3. The van der Waals surface area contributed by atoms with Crippen LogP contribution < -0.4 is 5.46 Å². The van der Waals surface area contributed by atoms with Crippen molar-refractivity contribution in [1.82, 2.24) is 29.5 Å². The number of nitriles is 6. The van der Waals surface area contributed by atoms with Crippen LogP contribution in [0.3, 0.4) is 0 Å². The van der Waals surface area contributed by atoms with Crippen molar-refractivity contribution in [2.75, 3.05) is 0 Å². The third kappa shape index (κ3) is 20.0. The minimum Gasteiger partial charge on any atom is -0.423 e. The first-order valence-electron chi connectivity index (χ1n) is 20.0. The van der Waals surface area contributed by atoms with Crippen molar-refractivity contribution in [3.63, 3.8) is 0 Å². The molecule has 0 aliphatic rings. The lowest BCUT2D eigenvalue weighted by atomic mass is 9.80. The van der Waals surface area contributed by atoms with E-state index in [0.29, 0.717) is 40.8 Å². The number of alkyl halides is 1. The van der Waals surface area contributed by atoms with Crippen LogP contribution >= 0.6 is 63.7 Å². The lowest BCUT2D eigenvalue weighted by Gasteiger charge is -2.08. The predicted octanol–water partition coefficient (Wildman–Crippen LogP) is 11.7. The molecule has 2 aromatic heterocycles. The topological polar surface area (TPSA) is 245 Å². The van der Waals surface area contributed by atoms with Gasteiger partial charge in [-0.15, -0.1) is 0 Å². The highest BCUT2D eigenvalue weighted by molar-refractivity contribution is 9.11. The van der Waals surface area contributed by atoms with E-state index in [0.717, 1.165) is 63.3 Å². The fourth-order valence-corrected chi connectivity index (χ4v) is 7.55. The van der Waals surface area contributed by atoms with Crippen molar-refractivity contribution in [1.29, 1.82) is 31.6 Å². The van der Waals surface area contributed by atoms with Gasteiger partial charge in [0.25, 0.3) is 0 Å². The standard InChI is InChI=1S/C17H11N5.C10H7BrN4.C8H5Br2N.C8H6BrN.C7H6BNO2.3CH4/c18-8-13-1-3-14(4-2-13)15-5-6-16(9-19)17(7-15)10-22-12-20-11-21-22;11-10-2-1-8(4-12)9(3-10)5-15-7-13-6-14-15;9-4-7-3-8(10)2-1-6(7)5-11;1-6-4-8(9)3-2-7(6)5-10;9-5-6-1-3-7(4-2-6)8(10)11;;;/h1-7,11-12H,10H2;1-3,6-7H,5H2;1-3H,4H2;2-4H,1H3;1-4,10-11H;3*1H4. The second kappa shape index (κ2) is 33.1. The average Bonchev–Trinajstić information content (AvgIpc) is 4.10. The number of rotatable bonds is 7. The summed E-state index contributed by atoms with van der Waals surface area (Å²) in [7, 11) is -1.46. The third-order valence-electron chi connectivity index (χ3n) is 9.34. The molecule has 8 rings (SSSR count). The first-order chi connectivity index (χ1) is 33.3. The Labute approximate surface area is 455 Å². The van der Waals surface area contributed by atoms with Gasteiger partial charge in [0.2, 0.25) is 0 Å². The summed E-state index contributed by atoms with van der Waals surface area (Å²) in [4.78, 5) is 7.77. The molecule has 14 nitrogen and oxygen atoms in total. The first-order valence-corrected chi connectivity index (χ1v) is 23.5. The van der Waals surface area contributed by atoms with Gasteiger partial charge >= 0.3 is 7.12 Å². The van der Waals surface area contributed by atoms with E-state index in [1.807, 2.05) is 73.7 Å². The van der Waals surface area contributed by atoms with Gasteiger partial charge in [0.1, 0.15) is 25.3 Å².